The van der Waals surface area contributed by atoms with Gasteiger partial charge < -0.3 is 21.5 Å². The molecule has 1 aromatic carbocycles. The van der Waals surface area contributed by atoms with E-state index in [2.05, 4.69) is 10.6 Å². The number of carboxylic acids is 1. The van der Waals surface area contributed by atoms with Gasteiger partial charge in [-0.3, -0.25) is 4.79 Å². The molecule has 108 valence electrons. The molecule has 1 rings (SSSR count). The van der Waals surface area contributed by atoms with Crippen molar-refractivity contribution in [1.29, 1.82) is 0 Å². The van der Waals surface area contributed by atoms with Crippen molar-refractivity contribution < 1.29 is 19.5 Å². The van der Waals surface area contributed by atoms with Crippen LogP contribution in [0.1, 0.15) is 6.42 Å². The van der Waals surface area contributed by atoms with Gasteiger partial charge in [0.2, 0.25) is 5.91 Å². The standard InChI is InChI=1S/C11H11Cl2N3O4/c12-5-2-1-3-6(13)9(5)16-11(20)15-7(10(18)19)4-8(14)17/h1-3,7H,4H2,(H2,14,17)(H,18,19)(H2,15,16,20)/t7-/m1/s1. The van der Waals surface area contributed by atoms with Crippen LogP contribution in [0.3, 0.4) is 0 Å². The second kappa shape index (κ2) is 6.97. The molecule has 0 bridgehead atoms. The van der Waals surface area contributed by atoms with Gasteiger partial charge in [-0.15, -0.1) is 0 Å². The molecule has 3 amide bonds. The van der Waals surface area contributed by atoms with Gasteiger partial charge in [-0.05, 0) is 12.1 Å². The van der Waals surface area contributed by atoms with Crippen LogP contribution in [0, 0.1) is 0 Å². The molecule has 0 aliphatic rings. The first-order valence-corrected chi connectivity index (χ1v) is 6.09. The SMILES string of the molecule is NC(=O)C[C@@H](NC(=O)Nc1c(Cl)cccc1Cl)C(=O)O. The molecule has 0 heterocycles. The maximum atomic E-state index is 11.7. The van der Waals surface area contributed by atoms with Gasteiger partial charge in [-0.1, -0.05) is 29.3 Å². The van der Waals surface area contributed by atoms with Gasteiger partial charge in [0.15, 0.2) is 0 Å². The van der Waals surface area contributed by atoms with Crippen LogP contribution < -0.4 is 16.4 Å². The zero-order valence-electron chi connectivity index (χ0n) is 10.0. The molecule has 20 heavy (non-hydrogen) atoms. The highest BCUT2D eigenvalue weighted by Gasteiger charge is 2.22. The number of rotatable bonds is 5. The van der Waals surface area contributed by atoms with Crippen molar-refractivity contribution in [3.63, 3.8) is 0 Å². The lowest BCUT2D eigenvalue weighted by Crippen LogP contribution is -2.45. The molecule has 0 aliphatic heterocycles. The zero-order chi connectivity index (χ0) is 15.3. The van der Waals surface area contributed by atoms with Crippen molar-refractivity contribution in [2.75, 3.05) is 5.32 Å². The fourth-order valence-corrected chi connectivity index (χ4v) is 1.82. The second-order valence-corrected chi connectivity index (χ2v) is 4.57. The number of aliphatic carboxylic acids is 1. The Morgan fingerprint density at radius 3 is 2.25 bits per heavy atom. The van der Waals surface area contributed by atoms with E-state index in [9.17, 15) is 14.4 Å². The van der Waals surface area contributed by atoms with Crippen molar-refractivity contribution in [3.05, 3.63) is 28.2 Å². The number of nitrogens with one attached hydrogen (secondary N) is 2. The number of para-hydroxylation sites is 1. The molecular weight excluding hydrogens is 309 g/mol. The monoisotopic (exact) mass is 319 g/mol. The number of benzene rings is 1. The molecule has 9 heteroatoms. The summed E-state index contributed by atoms with van der Waals surface area (Å²) in [7, 11) is 0. The summed E-state index contributed by atoms with van der Waals surface area (Å²) in [6, 6.07) is 2.28. The summed E-state index contributed by atoms with van der Waals surface area (Å²) in [5, 5.41) is 13.6. The van der Waals surface area contributed by atoms with Crippen LogP contribution in [-0.4, -0.2) is 29.1 Å². The van der Waals surface area contributed by atoms with E-state index in [1.165, 1.54) is 12.1 Å². The normalized spacial score (nSPS) is 11.5. The summed E-state index contributed by atoms with van der Waals surface area (Å²) in [4.78, 5) is 33.2. The number of hydrogen-bond donors (Lipinski definition) is 4. The number of carboxylic acid groups (broad SMARTS) is 1. The third kappa shape index (κ3) is 4.60. The lowest BCUT2D eigenvalue weighted by atomic mass is 10.2. The number of carbonyl (C=O) groups excluding carboxylic acids is 2. The van der Waals surface area contributed by atoms with Gasteiger partial charge in [0.25, 0.3) is 0 Å². The van der Waals surface area contributed by atoms with Gasteiger partial charge >= 0.3 is 12.0 Å². The maximum absolute atomic E-state index is 11.7. The minimum absolute atomic E-state index is 0.136. The van der Waals surface area contributed by atoms with Crippen LogP contribution >= 0.6 is 23.2 Å². The topological polar surface area (TPSA) is 122 Å². The number of nitrogens with two attached hydrogens (primary N) is 1. The van der Waals surface area contributed by atoms with Crippen LogP contribution in [0.4, 0.5) is 10.5 Å². The maximum Gasteiger partial charge on any atom is 0.326 e. The van der Waals surface area contributed by atoms with E-state index in [4.69, 9.17) is 34.0 Å². The highest BCUT2D eigenvalue weighted by atomic mass is 35.5. The summed E-state index contributed by atoms with van der Waals surface area (Å²) >= 11 is 11.7. The zero-order valence-corrected chi connectivity index (χ0v) is 11.5. The fourth-order valence-electron chi connectivity index (χ4n) is 1.33. The number of urea groups is 1. The largest absolute Gasteiger partial charge is 0.480 e. The van der Waals surface area contributed by atoms with E-state index in [1.807, 2.05) is 0 Å². The first-order chi connectivity index (χ1) is 9.31. The second-order valence-electron chi connectivity index (χ2n) is 3.76. The van der Waals surface area contributed by atoms with Crippen molar-refractivity contribution in [2.45, 2.75) is 12.5 Å². The smallest absolute Gasteiger partial charge is 0.326 e. The average molecular weight is 320 g/mol. The molecule has 0 aromatic heterocycles. The Balaban J connectivity index is 2.76. The van der Waals surface area contributed by atoms with Crippen LogP contribution in [-0.2, 0) is 9.59 Å². The predicted octanol–water partition coefficient (Wildman–Crippen LogP) is 1.44. The molecule has 0 radical (unpaired) electrons. The molecule has 0 fully saturated rings. The van der Waals surface area contributed by atoms with E-state index in [-0.39, 0.29) is 15.7 Å². The first kappa shape index (κ1) is 16.1. The number of hydrogen-bond acceptors (Lipinski definition) is 3. The average Bonchev–Trinajstić information content (AvgIpc) is 2.32. The van der Waals surface area contributed by atoms with Gasteiger partial charge in [-0.25, -0.2) is 9.59 Å². The molecule has 0 spiro atoms. The minimum Gasteiger partial charge on any atom is -0.480 e. The molecule has 7 nitrogen and oxygen atoms in total. The first-order valence-electron chi connectivity index (χ1n) is 5.34. The van der Waals surface area contributed by atoms with Crippen molar-refractivity contribution >= 4 is 46.8 Å². The predicted molar refractivity (Wildman–Crippen MR) is 73.9 cm³/mol. The van der Waals surface area contributed by atoms with Crippen molar-refractivity contribution in [3.8, 4) is 0 Å². The summed E-state index contributed by atoms with van der Waals surface area (Å²) in [5.41, 5.74) is 5.03. The number of anilines is 1. The lowest BCUT2D eigenvalue weighted by Gasteiger charge is -2.14. The highest BCUT2D eigenvalue weighted by molar-refractivity contribution is 6.39. The van der Waals surface area contributed by atoms with E-state index >= 15 is 0 Å². The molecule has 0 saturated carbocycles. The summed E-state index contributed by atoms with van der Waals surface area (Å²) in [6.45, 7) is 0. The molecular formula is C11H11Cl2N3O4. The Labute approximate surface area is 124 Å². The Morgan fingerprint density at radius 2 is 1.80 bits per heavy atom. The van der Waals surface area contributed by atoms with Crippen LogP contribution in [0.25, 0.3) is 0 Å². The van der Waals surface area contributed by atoms with Crippen molar-refractivity contribution in [1.82, 2.24) is 5.32 Å². The molecule has 0 unspecified atom stereocenters. The van der Waals surface area contributed by atoms with E-state index in [1.54, 1.807) is 6.07 Å². The molecule has 1 aromatic rings. The summed E-state index contributed by atoms with van der Waals surface area (Å²) < 4.78 is 0. The molecule has 1 atom stereocenters. The van der Waals surface area contributed by atoms with E-state index < -0.39 is 30.4 Å². The number of primary amides is 1. The lowest BCUT2D eigenvalue weighted by molar-refractivity contribution is -0.140. The Bertz CT molecular complexity index is 530. The Kier molecular flexibility index (Phi) is 5.60. The summed E-state index contributed by atoms with van der Waals surface area (Å²) in [6.07, 6.45) is -0.529. The third-order valence-electron chi connectivity index (χ3n) is 2.21. The van der Waals surface area contributed by atoms with Gasteiger partial charge in [0.05, 0.1) is 22.2 Å². The van der Waals surface area contributed by atoms with Gasteiger partial charge in [-0.2, -0.15) is 0 Å². The van der Waals surface area contributed by atoms with E-state index in [0.29, 0.717) is 0 Å². The number of amides is 3. The number of halogens is 2. The van der Waals surface area contributed by atoms with Gasteiger partial charge in [0, 0.05) is 0 Å². The van der Waals surface area contributed by atoms with Gasteiger partial charge in [0.1, 0.15) is 6.04 Å². The molecule has 0 saturated heterocycles. The minimum atomic E-state index is -1.44. The van der Waals surface area contributed by atoms with E-state index in [0.717, 1.165) is 0 Å². The highest BCUT2D eigenvalue weighted by Crippen LogP contribution is 2.29. The quantitative estimate of drug-likeness (QED) is 0.656. The van der Waals surface area contributed by atoms with Crippen LogP contribution in [0.5, 0.6) is 0 Å². The Hall–Kier alpha value is -1.99. The van der Waals surface area contributed by atoms with Crippen LogP contribution in [0.15, 0.2) is 18.2 Å². The van der Waals surface area contributed by atoms with Crippen LogP contribution in [0.2, 0.25) is 10.0 Å². The fraction of sp³-hybridized carbons (Fsp3) is 0.182. The molecule has 0 aliphatic carbocycles. The Morgan fingerprint density at radius 1 is 1.25 bits per heavy atom. The summed E-state index contributed by atoms with van der Waals surface area (Å²) in [5.74, 6) is -2.24. The van der Waals surface area contributed by atoms with Crippen molar-refractivity contribution in [2.24, 2.45) is 5.73 Å². The number of carbonyl (C=O) groups is 3. The molecule has 5 N–H and O–H groups in total. The third-order valence-corrected chi connectivity index (χ3v) is 2.84.